The van der Waals surface area contributed by atoms with Crippen molar-refractivity contribution >= 4 is 29.8 Å². The molecule has 13 nitrogen and oxygen atoms in total. The lowest BCUT2D eigenvalue weighted by Crippen LogP contribution is -2.44. The third-order valence-electron chi connectivity index (χ3n) is 7.52. The van der Waals surface area contributed by atoms with Crippen LogP contribution in [0.15, 0.2) is 0 Å². The molecule has 0 saturated heterocycles. The normalized spacial score (nSPS) is 11.8. The Morgan fingerprint density at radius 3 is 1.47 bits per heavy atom. The Bertz CT molecular complexity index is 896. The molecule has 0 bridgehead atoms. The summed E-state index contributed by atoms with van der Waals surface area (Å²) in [6, 6.07) is -1.02. The first-order valence-electron chi connectivity index (χ1n) is 18.5. The molecule has 0 unspecified atom stereocenters. The van der Waals surface area contributed by atoms with E-state index < -0.39 is 23.7 Å². The van der Waals surface area contributed by atoms with Crippen LogP contribution in [0, 0.1) is 0 Å². The van der Waals surface area contributed by atoms with Gasteiger partial charge in [0.1, 0.15) is 11.6 Å². The molecule has 0 aliphatic heterocycles. The molecule has 286 valence electrons. The molecule has 0 saturated carbocycles. The van der Waals surface area contributed by atoms with Gasteiger partial charge in [-0.05, 0) is 33.6 Å². The maximum Gasteiger partial charge on any atom is 0.408 e. The van der Waals surface area contributed by atoms with E-state index in [9.17, 15) is 24.0 Å². The average Bonchev–Trinajstić information content (AvgIpc) is 3.05. The Balaban J connectivity index is 3.64. The van der Waals surface area contributed by atoms with Gasteiger partial charge in [0.05, 0.1) is 33.5 Å². The van der Waals surface area contributed by atoms with Crippen LogP contribution >= 0.6 is 0 Å². The number of unbranched alkanes of at least 4 members (excludes halogenated alkanes) is 12. The van der Waals surface area contributed by atoms with Gasteiger partial charge < -0.3 is 40.2 Å². The van der Waals surface area contributed by atoms with E-state index in [0.717, 1.165) is 12.8 Å². The number of methoxy groups -OCH3 is 1. The zero-order chi connectivity index (χ0) is 36.6. The summed E-state index contributed by atoms with van der Waals surface area (Å²) in [5.74, 6) is -1.12. The highest BCUT2D eigenvalue weighted by Gasteiger charge is 2.25. The van der Waals surface area contributed by atoms with Crippen LogP contribution in [0.3, 0.4) is 0 Å². The topological polar surface area (TPSA) is 170 Å². The summed E-state index contributed by atoms with van der Waals surface area (Å²) in [5.41, 5.74) is -0.733. The first-order chi connectivity index (χ1) is 23.5. The summed E-state index contributed by atoms with van der Waals surface area (Å²) in [6.45, 7) is 9.52. The minimum absolute atomic E-state index is 0.0219. The number of carbonyl (C=O) groups excluding carboxylic acids is 5. The zero-order valence-electron chi connectivity index (χ0n) is 31.2. The molecule has 4 amide bonds. The molecule has 0 spiro atoms. The highest BCUT2D eigenvalue weighted by Crippen LogP contribution is 2.13. The number of amides is 4. The molecular weight excluding hydrogens is 632 g/mol. The van der Waals surface area contributed by atoms with Crippen LogP contribution in [0.4, 0.5) is 4.79 Å². The molecule has 49 heavy (non-hydrogen) atoms. The highest BCUT2D eigenvalue weighted by atomic mass is 16.6. The Morgan fingerprint density at radius 2 is 1.00 bits per heavy atom. The summed E-state index contributed by atoms with van der Waals surface area (Å²) in [7, 11) is 1.20. The summed E-state index contributed by atoms with van der Waals surface area (Å²) >= 11 is 0. The summed E-state index contributed by atoms with van der Waals surface area (Å²) in [4.78, 5) is 60.0. The lowest BCUT2D eigenvalue weighted by atomic mass is 10.0. The monoisotopic (exact) mass is 700 g/mol. The van der Waals surface area contributed by atoms with Gasteiger partial charge in [-0.1, -0.05) is 84.0 Å². The predicted octanol–water partition coefficient (Wildman–Crippen LogP) is 5.09. The van der Waals surface area contributed by atoms with Gasteiger partial charge in [0, 0.05) is 38.9 Å². The Labute approximate surface area is 295 Å². The van der Waals surface area contributed by atoms with Gasteiger partial charge in [-0.15, -0.1) is 0 Å². The first-order valence-corrected chi connectivity index (χ1v) is 18.5. The van der Waals surface area contributed by atoms with Crippen molar-refractivity contribution in [1.29, 1.82) is 0 Å². The largest absolute Gasteiger partial charge is 0.467 e. The maximum atomic E-state index is 12.1. The van der Waals surface area contributed by atoms with E-state index >= 15 is 0 Å². The Kier molecular flexibility index (Phi) is 29.2. The number of ether oxygens (including phenoxy) is 4. The smallest absolute Gasteiger partial charge is 0.408 e. The van der Waals surface area contributed by atoms with E-state index in [0.29, 0.717) is 32.7 Å². The van der Waals surface area contributed by atoms with Gasteiger partial charge in [0.25, 0.3) is 0 Å². The Hall–Kier alpha value is -2.93. The molecule has 0 fully saturated rings. The second kappa shape index (κ2) is 31.1. The van der Waals surface area contributed by atoms with Crippen molar-refractivity contribution in [1.82, 2.24) is 21.3 Å². The van der Waals surface area contributed by atoms with Gasteiger partial charge in [0.2, 0.25) is 17.7 Å². The second-order valence-electron chi connectivity index (χ2n) is 13.3. The summed E-state index contributed by atoms with van der Waals surface area (Å²) < 4.78 is 20.7. The lowest BCUT2D eigenvalue weighted by molar-refractivity contribution is -0.143. The van der Waals surface area contributed by atoms with Gasteiger partial charge in [-0.25, -0.2) is 9.59 Å². The van der Waals surface area contributed by atoms with Crippen LogP contribution in [0.5, 0.6) is 0 Å². The summed E-state index contributed by atoms with van der Waals surface area (Å²) in [5, 5.41) is 10.7. The van der Waals surface area contributed by atoms with Crippen molar-refractivity contribution in [2.45, 2.75) is 148 Å². The number of carbonyl (C=O) groups is 5. The number of hydrogen-bond acceptors (Lipinski definition) is 9. The molecular formula is C36H68N4O9. The fourth-order valence-electron chi connectivity index (χ4n) is 4.84. The van der Waals surface area contributed by atoms with Crippen molar-refractivity contribution < 1.29 is 42.9 Å². The van der Waals surface area contributed by atoms with E-state index in [1.807, 2.05) is 0 Å². The molecule has 0 rings (SSSR count). The Morgan fingerprint density at radius 1 is 0.571 bits per heavy atom. The fourth-order valence-corrected chi connectivity index (χ4v) is 4.84. The number of esters is 1. The van der Waals surface area contributed by atoms with E-state index in [-0.39, 0.29) is 56.7 Å². The minimum atomic E-state index is -1.02. The predicted molar refractivity (Wildman–Crippen MR) is 190 cm³/mol. The van der Waals surface area contributed by atoms with E-state index in [1.165, 1.54) is 77.7 Å². The number of hydrogen-bond donors (Lipinski definition) is 4. The second-order valence-corrected chi connectivity index (χ2v) is 13.3. The van der Waals surface area contributed by atoms with Crippen molar-refractivity contribution in [2.24, 2.45) is 0 Å². The van der Waals surface area contributed by atoms with Crippen LogP contribution in [-0.4, -0.2) is 94.6 Å². The lowest BCUT2D eigenvalue weighted by Gasteiger charge is -2.22. The molecule has 0 aromatic rings. The third-order valence-corrected chi connectivity index (χ3v) is 7.52. The summed E-state index contributed by atoms with van der Waals surface area (Å²) in [6.07, 6.45) is 16.6. The van der Waals surface area contributed by atoms with Crippen LogP contribution in [-0.2, 0) is 38.1 Å². The van der Waals surface area contributed by atoms with Crippen LogP contribution < -0.4 is 21.3 Å². The molecule has 4 N–H and O–H groups in total. The van der Waals surface area contributed by atoms with Crippen molar-refractivity contribution in [2.75, 3.05) is 53.2 Å². The van der Waals surface area contributed by atoms with E-state index in [4.69, 9.17) is 18.9 Å². The molecule has 0 radical (unpaired) electrons. The van der Waals surface area contributed by atoms with Crippen molar-refractivity contribution in [3.05, 3.63) is 0 Å². The van der Waals surface area contributed by atoms with Crippen molar-refractivity contribution in [3.63, 3.8) is 0 Å². The van der Waals surface area contributed by atoms with Gasteiger partial charge in [0.15, 0.2) is 0 Å². The molecule has 0 aromatic carbocycles. The molecule has 0 heterocycles. The minimum Gasteiger partial charge on any atom is -0.467 e. The van der Waals surface area contributed by atoms with Gasteiger partial charge in [-0.2, -0.15) is 0 Å². The van der Waals surface area contributed by atoms with Crippen LogP contribution in [0.2, 0.25) is 0 Å². The van der Waals surface area contributed by atoms with Crippen LogP contribution in [0.1, 0.15) is 137 Å². The van der Waals surface area contributed by atoms with Gasteiger partial charge >= 0.3 is 12.1 Å². The maximum absolute atomic E-state index is 12.1. The molecule has 0 aliphatic rings. The molecule has 0 aliphatic carbocycles. The number of nitrogens with one attached hydrogen (secondary N) is 4. The first kappa shape index (κ1) is 46.1. The van der Waals surface area contributed by atoms with Gasteiger partial charge in [-0.3, -0.25) is 14.4 Å². The fraction of sp³-hybridized carbons (Fsp3) is 0.861. The number of rotatable bonds is 31. The van der Waals surface area contributed by atoms with Crippen molar-refractivity contribution in [3.8, 4) is 0 Å². The zero-order valence-corrected chi connectivity index (χ0v) is 31.2. The van der Waals surface area contributed by atoms with E-state index in [2.05, 4.69) is 28.2 Å². The van der Waals surface area contributed by atoms with E-state index in [1.54, 1.807) is 20.8 Å². The SMILES string of the molecule is CCCCCCCCCCCCCCCC(=O)NCCOCCNC(=O)CCOCCNC(=O)CC[C@H](NC(=O)OC(C)(C)C)C(=O)OC. The molecule has 1 atom stereocenters. The highest BCUT2D eigenvalue weighted by molar-refractivity contribution is 5.83. The molecule has 13 heteroatoms. The average molecular weight is 701 g/mol. The standard InChI is InChI=1S/C36H68N4O9/c1-6-7-8-9-10-11-12-13-14-15-16-17-18-19-31(41)37-24-28-48-29-25-39-33(43)22-26-47-27-23-38-32(42)21-20-30(34(44)46-5)40-35(45)49-36(2,3)4/h30H,6-29H2,1-5H3,(H,37,41)(H,38,42)(H,39,43)(H,40,45)/t30-/m0/s1. The number of alkyl carbamates (subject to hydrolysis) is 1. The quantitative estimate of drug-likeness (QED) is 0.0569. The molecule has 0 aromatic heterocycles. The third kappa shape index (κ3) is 32.1. The van der Waals surface area contributed by atoms with Crippen LogP contribution in [0.25, 0.3) is 0 Å².